The molecular formula is C7H8N2O4. The van der Waals surface area contributed by atoms with Crippen LogP contribution in [0.3, 0.4) is 0 Å². The van der Waals surface area contributed by atoms with Gasteiger partial charge < -0.3 is 16.6 Å². The molecule has 0 fully saturated rings. The fourth-order valence-electron chi connectivity index (χ4n) is 1.02. The van der Waals surface area contributed by atoms with Crippen molar-refractivity contribution >= 4 is 17.5 Å². The van der Waals surface area contributed by atoms with Crippen molar-refractivity contribution in [3.05, 3.63) is 12.2 Å². The van der Waals surface area contributed by atoms with Crippen LogP contribution in [0.2, 0.25) is 0 Å². The maximum absolute atomic E-state index is 11.1. The van der Waals surface area contributed by atoms with Gasteiger partial charge in [-0.15, -0.1) is 0 Å². The average molecular weight is 184 g/mol. The molecule has 2 unspecified atom stereocenters. The highest BCUT2D eigenvalue weighted by atomic mass is 16.4. The van der Waals surface area contributed by atoms with Crippen molar-refractivity contribution in [2.45, 2.75) is 11.6 Å². The number of carbonyl (C=O) groups excluding carboxylic acids is 2. The summed E-state index contributed by atoms with van der Waals surface area (Å²) in [4.78, 5) is 32.7. The number of carboxylic acid groups (broad SMARTS) is 1. The molecule has 13 heavy (non-hydrogen) atoms. The van der Waals surface area contributed by atoms with Crippen molar-refractivity contribution in [3.8, 4) is 0 Å². The highest BCUT2D eigenvalue weighted by Crippen LogP contribution is 2.14. The monoisotopic (exact) mass is 184 g/mol. The summed E-state index contributed by atoms with van der Waals surface area (Å²) >= 11 is 0. The number of hydrogen-bond acceptors (Lipinski definition) is 5. The molecule has 0 aromatic carbocycles. The van der Waals surface area contributed by atoms with Crippen molar-refractivity contribution in [2.24, 2.45) is 11.5 Å². The van der Waals surface area contributed by atoms with Gasteiger partial charge in [0.25, 0.3) is 0 Å². The minimum absolute atomic E-state index is 0.662. The summed E-state index contributed by atoms with van der Waals surface area (Å²) in [6.07, 6.45) is 1.76. The minimum atomic E-state index is -2.31. The summed E-state index contributed by atoms with van der Waals surface area (Å²) in [6, 6.07) is -1.51. The highest BCUT2D eigenvalue weighted by Gasteiger charge is 2.51. The molecule has 70 valence electrons. The predicted molar refractivity (Wildman–Crippen MR) is 41.7 cm³/mol. The predicted octanol–water partition coefficient (Wildman–Crippen LogP) is -2.20. The fourth-order valence-corrected chi connectivity index (χ4v) is 1.02. The fraction of sp³-hybridized carbons (Fsp3) is 0.286. The summed E-state index contributed by atoms with van der Waals surface area (Å²) in [5, 5.41) is 8.64. The molecular weight excluding hydrogens is 176 g/mol. The molecule has 0 aromatic heterocycles. The lowest BCUT2D eigenvalue weighted by Gasteiger charge is -2.28. The van der Waals surface area contributed by atoms with Gasteiger partial charge in [0.1, 0.15) is 6.04 Å². The second-order valence-corrected chi connectivity index (χ2v) is 2.75. The second-order valence-electron chi connectivity index (χ2n) is 2.75. The summed E-state index contributed by atoms with van der Waals surface area (Å²) < 4.78 is 0. The molecule has 0 heterocycles. The van der Waals surface area contributed by atoms with Crippen LogP contribution in [0.4, 0.5) is 0 Å². The Morgan fingerprint density at radius 1 is 1.46 bits per heavy atom. The van der Waals surface area contributed by atoms with E-state index in [0.29, 0.717) is 0 Å². The lowest BCUT2D eigenvalue weighted by atomic mass is 9.81. The molecule has 0 radical (unpaired) electrons. The van der Waals surface area contributed by atoms with Crippen LogP contribution in [0.5, 0.6) is 0 Å². The number of hydrogen-bond donors (Lipinski definition) is 3. The maximum Gasteiger partial charge on any atom is 0.333 e. The molecule has 0 saturated carbocycles. The van der Waals surface area contributed by atoms with Crippen molar-refractivity contribution in [1.82, 2.24) is 0 Å². The van der Waals surface area contributed by atoms with Crippen LogP contribution in [0, 0.1) is 0 Å². The van der Waals surface area contributed by atoms with Crippen molar-refractivity contribution in [1.29, 1.82) is 0 Å². The molecule has 0 spiro atoms. The van der Waals surface area contributed by atoms with Crippen molar-refractivity contribution in [3.63, 3.8) is 0 Å². The van der Waals surface area contributed by atoms with Gasteiger partial charge in [-0.05, 0) is 12.2 Å². The van der Waals surface area contributed by atoms with Gasteiger partial charge in [0.15, 0.2) is 17.1 Å². The molecule has 6 heteroatoms. The number of rotatable bonds is 1. The quantitative estimate of drug-likeness (QED) is 0.397. The van der Waals surface area contributed by atoms with Crippen molar-refractivity contribution in [2.75, 3.05) is 0 Å². The molecule has 5 N–H and O–H groups in total. The van der Waals surface area contributed by atoms with Crippen molar-refractivity contribution < 1.29 is 19.5 Å². The summed E-state index contributed by atoms with van der Waals surface area (Å²) in [5.74, 6) is -3.13. The smallest absolute Gasteiger partial charge is 0.333 e. The lowest BCUT2D eigenvalue weighted by Crippen LogP contribution is -2.69. The van der Waals surface area contributed by atoms with Gasteiger partial charge in [-0.25, -0.2) is 4.79 Å². The summed E-state index contributed by atoms with van der Waals surface area (Å²) in [5.41, 5.74) is 8.14. The van der Waals surface area contributed by atoms with Gasteiger partial charge in [-0.3, -0.25) is 9.59 Å². The normalized spacial score (nSPS) is 33.5. The van der Waals surface area contributed by atoms with Gasteiger partial charge >= 0.3 is 5.97 Å². The lowest BCUT2D eigenvalue weighted by molar-refractivity contribution is -0.150. The third-order valence-corrected chi connectivity index (χ3v) is 1.96. The molecule has 0 bridgehead atoms. The maximum atomic E-state index is 11.1. The Balaban J connectivity index is 3.23. The van der Waals surface area contributed by atoms with Crippen LogP contribution < -0.4 is 11.5 Å². The second kappa shape index (κ2) is 2.75. The Bertz CT molecular complexity index is 322. The third-order valence-electron chi connectivity index (χ3n) is 1.96. The van der Waals surface area contributed by atoms with E-state index in [1.165, 1.54) is 0 Å². The number of carbonyl (C=O) groups is 3. The zero-order valence-corrected chi connectivity index (χ0v) is 6.56. The molecule has 2 atom stereocenters. The van der Waals surface area contributed by atoms with Gasteiger partial charge in [0.05, 0.1) is 0 Å². The Hall–Kier alpha value is -1.53. The van der Waals surface area contributed by atoms with Gasteiger partial charge in [-0.1, -0.05) is 0 Å². The Labute approximate surface area is 73.2 Å². The molecule has 1 rings (SSSR count). The molecule has 0 saturated heterocycles. The van der Waals surface area contributed by atoms with E-state index in [-0.39, 0.29) is 0 Å². The SMILES string of the molecule is NC1C(=O)C=CC(=O)C1(N)C(=O)O. The summed E-state index contributed by atoms with van der Waals surface area (Å²) in [7, 11) is 0. The zero-order chi connectivity index (χ0) is 10.2. The first-order chi connectivity index (χ1) is 5.90. The van der Waals surface area contributed by atoms with Crippen LogP contribution in [0.1, 0.15) is 0 Å². The molecule has 0 aliphatic heterocycles. The average Bonchev–Trinajstić information content (AvgIpc) is 2.08. The molecule has 0 aromatic rings. The topological polar surface area (TPSA) is 123 Å². The number of ketones is 2. The summed E-state index contributed by atoms with van der Waals surface area (Å²) in [6.45, 7) is 0. The zero-order valence-electron chi connectivity index (χ0n) is 6.56. The molecule has 1 aliphatic rings. The van der Waals surface area contributed by atoms with E-state index in [4.69, 9.17) is 16.6 Å². The molecule has 0 amide bonds. The van der Waals surface area contributed by atoms with E-state index >= 15 is 0 Å². The van der Waals surface area contributed by atoms with Gasteiger partial charge in [0, 0.05) is 0 Å². The van der Waals surface area contributed by atoms with Crippen LogP contribution >= 0.6 is 0 Å². The largest absolute Gasteiger partial charge is 0.479 e. The van der Waals surface area contributed by atoms with Crippen LogP contribution in [-0.4, -0.2) is 34.2 Å². The Morgan fingerprint density at radius 2 is 2.00 bits per heavy atom. The van der Waals surface area contributed by atoms with E-state index in [1.807, 2.05) is 0 Å². The van der Waals surface area contributed by atoms with Gasteiger partial charge in [0.2, 0.25) is 0 Å². The van der Waals surface area contributed by atoms with E-state index < -0.39 is 29.1 Å². The Kier molecular flexibility index (Phi) is 2.02. The first-order valence-electron chi connectivity index (χ1n) is 3.45. The van der Waals surface area contributed by atoms with Gasteiger partial charge in [-0.2, -0.15) is 0 Å². The third kappa shape index (κ3) is 1.16. The standard InChI is InChI=1S/C7H8N2O4/c8-5-3(10)1-2-4(11)7(5,9)6(12)13/h1-2,5H,8-9H2,(H,12,13). The van der Waals surface area contributed by atoms with Crippen LogP contribution in [-0.2, 0) is 14.4 Å². The van der Waals surface area contributed by atoms with E-state index in [2.05, 4.69) is 0 Å². The molecule has 6 nitrogen and oxygen atoms in total. The van der Waals surface area contributed by atoms with Crippen LogP contribution in [0.15, 0.2) is 12.2 Å². The number of carboxylic acids is 1. The first kappa shape index (κ1) is 9.56. The minimum Gasteiger partial charge on any atom is -0.479 e. The number of aliphatic carboxylic acids is 1. The highest BCUT2D eigenvalue weighted by molar-refractivity contribution is 6.22. The Morgan fingerprint density at radius 3 is 2.38 bits per heavy atom. The van der Waals surface area contributed by atoms with E-state index in [9.17, 15) is 14.4 Å². The molecule has 1 aliphatic carbocycles. The van der Waals surface area contributed by atoms with E-state index in [0.717, 1.165) is 12.2 Å². The van der Waals surface area contributed by atoms with Crippen LogP contribution in [0.25, 0.3) is 0 Å². The first-order valence-corrected chi connectivity index (χ1v) is 3.45. The number of nitrogens with two attached hydrogens (primary N) is 2. The van der Waals surface area contributed by atoms with E-state index in [1.54, 1.807) is 0 Å².